The van der Waals surface area contributed by atoms with Crippen LogP contribution in [0, 0.1) is 0 Å². The van der Waals surface area contributed by atoms with Gasteiger partial charge in [-0.3, -0.25) is 0 Å². The molecule has 0 radical (unpaired) electrons. The molecule has 0 N–H and O–H groups in total. The van der Waals surface area contributed by atoms with Crippen LogP contribution in [0.5, 0.6) is 0 Å². The smallest absolute Gasteiger partial charge is 0.164 e. The summed E-state index contributed by atoms with van der Waals surface area (Å²) in [6, 6.07) is 56.9. The van der Waals surface area contributed by atoms with Gasteiger partial charge in [-0.05, 0) is 55.9 Å². The van der Waals surface area contributed by atoms with Gasteiger partial charge >= 0.3 is 0 Å². The lowest BCUT2D eigenvalue weighted by Gasteiger charge is -2.14. The van der Waals surface area contributed by atoms with Gasteiger partial charge in [-0.2, -0.15) is 0 Å². The average molecular weight is 562 g/mol. The molecular formula is C41H27N3. The molecule has 0 saturated heterocycles. The third-order valence-corrected chi connectivity index (χ3v) is 8.17. The van der Waals surface area contributed by atoms with Crippen LogP contribution in [0.3, 0.4) is 0 Å². The maximum atomic E-state index is 5.18. The first-order valence-electron chi connectivity index (χ1n) is 14.8. The molecule has 8 rings (SSSR count). The predicted molar refractivity (Wildman–Crippen MR) is 182 cm³/mol. The molecule has 206 valence electrons. The first kappa shape index (κ1) is 25.8. The molecule has 0 unspecified atom stereocenters. The minimum absolute atomic E-state index is 0.651. The Kier molecular flexibility index (Phi) is 6.47. The Morgan fingerprint density at radius 1 is 0.227 bits per heavy atom. The van der Waals surface area contributed by atoms with E-state index in [0.717, 1.165) is 38.2 Å². The monoisotopic (exact) mass is 561 g/mol. The van der Waals surface area contributed by atoms with Gasteiger partial charge < -0.3 is 0 Å². The number of fused-ring (bicyclic) bond motifs is 2. The Morgan fingerprint density at radius 2 is 0.523 bits per heavy atom. The molecule has 0 saturated carbocycles. The summed E-state index contributed by atoms with van der Waals surface area (Å²) in [5.74, 6) is 1.96. The van der Waals surface area contributed by atoms with Crippen LogP contribution in [-0.2, 0) is 0 Å². The lowest BCUT2D eigenvalue weighted by atomic mass is 9.94. The molecule has 3 nitrogen and oxygen atoms in total. The van der Waals surface area contributed by atoms with Crippen LogP contribution in [0.1, 0.15) is 0 Å². The second-order valence-electron chi connectivity index (χ2n) is 10.8. The fourth-order valence-electron chi connectivity index (χ4n) is 6.06. The number of hydrogen-bond acceptors (Lipinski definition) is 3. The molecule has 44 heavy (non-hydrogen) atoms. The summed E-state index contributed by atoms with van der Waals surface area (Å²) >= 11 is 0. The molecule has 0 aliphatic heterocycles. The quantitative estimate of drug-likeness (QED) is 0.210. The van der Waals surface area contributed by atoms with Crippen molar-refractivity contribution in [2.24, 2.45) is 0 Å². The lowest BCUT2D eigenvalue weighted by Crippen LogP contribution is -2.01. The topological polar surface area (TPSA) is 38.7 Å². The fourth-order valence-corrected chi connectivity index (χ4v) is 6.06. The molecule has 0 bridgehead atoms. The molecule has 1 aromatic heterocycles. The van der Waals surface area contributed by atoms with Crippen LogP contribution in [0.15, 0.2) is 164 Å². The minimum atomic E-state index is 0.651. The molecular weight excluding hydrogens is 534 g/mol. The molecule has 3 heteroatoms. The summed E-state index contributed by atoms with van der Waals surface area (Å²) in [5, 5.41) is 4.54. The van der Waals surface area contributed by atoms with Gasteiger partial charge in [-0.1, -0.05) is 152 Å². The van der Waals surface area contributed by atoms with E-state index in [1.54, 1.807) is 0 Å². The first-order chi connectivity index (χ1) is 21.8. The Balaban J connectivity index is 1.37. The fraction of sp³-hybridized carbons (Fsp3) is 0. The van der Waals surface area contributed by atoms with Gasteiger partial charge in [-0.25, -0.2) is 15.0 Å². The van der Waals surface area contributed by atoms with E-state index >= 15 is 0 Å². The summed E-state index contributed by atoms with van der Waals surface area (Å²) in [4.78, 5) is 15.3. The van der Waals surface area contributed by atoms with Gasteiger partial charge in [0.1, 0.15) is 0 Å². The van der Waals surface area contributed by atoms with Crippen LogP contribution in [0.4, 0.5) is 0 Å². The van der Waals surface area contributed by atoms with Crippen LogP contribution in [-0.4, -0.2) is 15.0 Å². The summed E-state index contributed by atoms with van der Waals surface area (Å²) in [6.45, 7) is 0. The van der Waals surface area contributed by atoms with E-state index in [2.05, 4.69) is 133 Å². The van der Waals surface area contributed by atoms with Gasteiger partial charge in [-0.15, -0.1) is 0 Å². The SMILES string of the molecule is c1ccc(-c2nc(-c3ccc(-c4ccccc4)c4ccccc34)nc(-c3ccc(-c4ccccc4)c4ccccc34)n2)cc1. The third kappa shape index (κ3) is 4.61. The Bertz CT molecular complexity index is 2120. The Morgan fingerprint density at radius 3 is 0.932 bits per heavy atom. The zero-order valence-electron chi connectivity index (χ0n) is 23.9. The van der Waals surface area contributed by atoms with Gasteiger partial charge in [0.05, 0.1) is 0 Å². The summed E-state index contributed by atoms with van der Waals surface area (Å²) < 4.78 is 0. The third-order valence-electron chi connectivity index (χ3n) is 8.17. The summed E-state index contributed by atoms with van der Waals surface area (Å²) in [7, 11) is 0. The van der Waals surface area contributed by atoms with Crippen molar-refractivity contribution in [2.45, 2.75) is 0 Å². The maximum absolute atomic E-state index is 5.18. The number of nitrogens with zero attached hydrogens (tertiary/aromatic N) is 3. The van der Waals surface area contributed by atoms with Crippen molar-refractivity contribution < 1.29 is 0 Å². The highest BCUT2D eigenvalue weighted by molar-refractivity contribution is 6.06. The number of hydrogen-bond donors (Lipinski definition) is 0. The molecule has 0 aliphatic rings. The van der Waals surface area contributed by atoms with Crippen molar-refractivity contribution in [1.29, 1.82) is 0 Å². The van der Waals surface area contributed by atoms with Crippen LogP contribution in [0.2, 0.25) is 0 Å². The average Bonchev–Trinajstić information content (AvgIpc) is 3.11. The van der Waals surface area contributed by atoms with Crippen LogP contribution >= 0.6 is 0 Å². The summed E-state index contributed by atoms with van der Waals surface area (Å²) in [6.07, 6.45) is 0. The van der Waals surface area contributed by atoms with Gasteiger partial charge in [0, 0.05) is 16.7 Å². The molecule has 0 atom stereocenters. The molecule has 7 aromatic carbocycles. The van der Waals surface area contributed by atoms with Crippen LogP contribution < -0.4 is 0 Å². The molecule has 8 aromatic rings. The Labute approximate surface area is 256 Å². The predicted octanol–water partition coefficient (Wildman–Crippen LogP) is 10.5. The van der Waals surface area contributed by atoms with Crippen molar-refractivity contribution >= 4 is 21.5 Å². The van der Waals surface area contributed by atoms with E-state index in [4.69, 9.17) is 15.0 Å². The van der Waals surface area contributed by atoms with Gasteiger partial charge in [0.15, 0.2) is 17.5 Å². The van der Waals surface area contributed by atoms with Crippen molar-refractivity contribution in [3.63, 3.8) is 0 Å². The van der Waals surface area contributed by atoms with E-state index in [1.807, 2.05) is 30.3 Å². The second-order valence-corrected chi connectivity index (χ2v) is 10.8. The lowest BCUT2D eigenvalue weighted by molar-refractivity contribution is 1.08. The highest BCUT2D eigenvalue weighted by atomic mass is 15.0. The van der Waals surface area contributed by atoms with E-state index in [9.17, 15) is 0 Å². The molecule has 0 aliphatic carbocycles. The highest BCUT2D eigenvalue weighted by Crippen LogP contribution is 2.38. The Hall–Kier alpha value is -5.93. The number of rotatable bonds is 5. The molecule has 0 fully saturated rings. The minimum Gasteiger partial charge on any atom is -0.208 e. The normalized spacial score (nSPS) is 11.2. The first-order valence-corrected chi connectivity index (χ1v) is 14.8. The van der Waals surface area contributed by atoms with Crippen LogP contribution in [0.25, 0.3) is 78.0 Å². The zero-order chi connectivity index (χ0) is 29.3. The maximum Gasteiger partial charge on any atom is 0.164 e. The number of benzene rings is 7. The number of aromatic nitrogens is 3. The molecule has 0 amide bonds. The van der Waals surface area contributed by atoms with Crippen molar-refractivity contribution in [3.8, 4) is 56.4 Å². The standard InChI is InChI=1S/C41H27N3/c1-4-14-28(15-5-1)31-24-26-37(35-22-12-10-20-33(31)35)40-42-39(30-18-8-3-9-19-30)43-41(44-40)38-27-25-32(29-16-6-2-7-17-29)34-21-11-13-23-36(34)38/h1-27H. The van der Waals surface area contributed by atoms with E-state index in [-0.39, 0.29) is 0 Å². The van der Waals surface area contributed by atoms with Crippen molar-refractivity contribution in [3.05, 3.63) is 164 Å². The largest absolute Gasteiger partial charge is 0.208 e. The van der Waals surface area contributed by atoms with E-state index < -0.39 is 0 Å². The molecule has 0 spiro atoms. The van der Waals surface area contributed by atoms with Gasteiger partial charge in [0.2, 0.25) is 0 Å². The van der Waals surface area contributed by atoms with E-state index in [1.165, 1.54) is 22.3 Å². The highest BCUT2D eigenvalue weighted by Gasteiger charge is 2.18. The molecule has 1 heterocycles. The van der Waals surface area contributed by atoms with Crippen molar-refractivity contribution in [1.82, 2.24) is 15.0 Å². The second kappa shape index (κ2) is 11.0. The zero-order valence-corrected chi connectivity index (χ0v) is 23.9. The van der Waals surface area contributed by atoms with Gasteiger partial charge in [0.25, 0.3) is 0 Å². The summed E-state index contributed by atoms with van der Waals surface area (Å²) in [5.41, 5.74) is 7.64. The van der Waals surface area contributed by atoms with Crippen molar-refractivity contribution in [2.75, 3.05) is 0 Å². The van der Waals surface area contributed by atoms with E-state index in [0.29, 0.717) is 17.5 Å².